The zero-order chi connectivity index (χ0) is 11.8. The van der Waals surface area contributed by atoms with E-state index in [-0.39, 0.29) is 5.91 Å². The quantitative estimate of drug-likeness (QED) is 0.802. The number of carbonyl (C=O) groups excluding carboxylic acids is 1. The van der Waals surface area contributed by atoms with Crippen LogP contribution in [0.15, 0.2) is 24.4 Å². The molecule has 0 saturated carbocycles. The first kappa shape index (κ1) is 10.0. The van der Waals surface area contributed by atoms with Crippen molar-refractivity contribution in [1.29, 1.82) is 0 Å². The van der Waals surface area contributed by atoms with Crippen molar-refractivity contribution in [2.24, 2.45) is 0 Å². The van der Waals surface area contributed by atoms with Crippen LogP contribution in [0.5, 0.6) is 0 Å². The number of anilines is 1. The minimum atomic E-state index is 0.0953. The number of nitrogens with zero attached hydrogens (tertiary/aromatic N) is 3. The molecule has 0 fully saturated rings. The Bertz CT molecular complexity index is 562. The van der Waals surface area contributed by atoms with E-state index in [1.54, 1.807) is 13.1 Å². The third kappa shape index (κ3) is 1.60. The smallest absolute Gasteiger partial charge is 0.223 e. The molecule has 1 amide bonds. The van der Waals surface area contributed by atoms with Crippen LogP contribution in [-0.4, -0.2) is 27.9 Å². The lowest BCUT2D eigenvalue weighted by Crippen LogP contribution is -2.25. The topological polar surface area (TPSA) is 61.9 Å². The van der Waals surface area contributed by atoms with Crippen LogP contribution in [0.2, 0.25) is 0 Å². The molecule has 3 rings (SSSR count). The summed E-state index contributed by atoms with van der Waals surface area (Å²) < 4.78 is 0. The van der Waals surface area contributed by atoms with Gasteiger partial charge in [0, 0.05) is 30.9 Å². The van der Waals surface area contributed by atoms with Gasteiger partial charge < -0.3 is 4.90 Å². The number of hydrogen-bond acceptors (Lipinski definition) is 3. The van der Waals surface area contributed by atoms with Crippen molar-refractivity contribution in [3.8, 4) is 11.3 Å². The Kier molecular flexibility index (Phi) is 2.18. The van der Waals surface area contributed by atoms with Crippen LogP contribution in [0.25, 0.3) is 11.3 Å². The van der Waals surface area contributed by atoms with Gasteiger partial charge in [-0.25, -0.2) is 0 Å². The van der Waals surface area contributed by atoms with Gasteiger partial charge in [-0.15, -0.1) is 5.10 Å². The number of nitrogens with one attached hydrogen (secondary N) is 1. The fraction of sp³-hybridized carbons (Fsp3) is 0.250. The molecule has 1 aromatic carbocycles. The third-order valence-corrected chi connectivity index (χ3v) is 3.07. The molecule has 1 N–H and O–H groups in total. The fourth-order valence-corrected chi connectivity index (χ4v) is 2.23. The molecule has 1 aliphatic rings. The summed E-state index contributed by atoms with van der Waals surface area (Å²) in [5.74, 6) is 0.0953. The Morgan fingerprint density at radius 2 is 2.35 bits per heavy atom. The molecule has 17 heavy (non-hydrogen) atoms. The van der Waals surface area contributed by atoms with Gasteiger partial charge in [-0.2, -0.15) is 0 Å². The van der Waals surface area contributed by atoms with E-state index >= 15 is 0 Å². The van der Waals surface area contributed by atoms with Crippen LogP contribution in [0.4, 0.5) is 5.69 Å². The zero-order valence-corrected chi connectivity index (χ0v) is 9.47. The molecule has 0 spiro atoms. The minimum absolute atomic E-state index is 0.0953. The van der Waals surface area contributed by atoms with Crippen molar-refractivity contribution in [1.82, 2.24) is 15.4 Å². The summed E-state index contributed by atoms with van der Waals surface area (Å²) in [6.07, 6.45) is 2.67. The molecule has 86 valence electrons. The normalized spacial score (nSPS) is 13.8. The molecule has 0 aliphatic carbocycles. The van der Waals surface area contributed by atoms with E-state index in [1.807, 2.05) is 17.0 Å². The molecule has 1 aromatic heterocycles. The molecule has 0 bridgehead atoms. The number of aromatic nitrogens is 3. The number of carbonyl (C=O) groups is 1. The summed E-state index contributed by atoms with van der Waals surface area (Å²) in [7, 11) is 0. The molecule has 5 nitrogen and oxygen atoms in total. The van der Waals surface area contributed by atoms with Crippen molar-refractivity contribution < 1.29 is 4.79 Å². The molecular formula is C12H12N4O. The van der Waals surface area contributed by atoms with Gasteiger partial charge in [0.2, 0.25) is 5.91 Å². The second-order valence-electron chi connectivity index (χ2n) is 4.12. The van der Waals surface area contributed by atoms with Crippen molar-refractivity contribution in [2.45, 2.75) is 13.3 Å². The maximum Gasteiger partial charge on any atom is 0.223 e. The average Bonchev–Trinajstić information content (AvgIpc) is 2.97. The highest BCUT2D eigenvalue weighted by molar-refractivity contribution is 5.94. The number of benzene rings is 1. The lowest BCUT2D eigenvalue weighted by atomic mass is 10.1. The minimum Gasteiger partial charge on any atom is -0.312 e. The molecule has 0 saturated heterocycles. The van der Waals surface area contributed by atoms with Crippen LogP contribution < -0.4 is 4.90 Å². The van der Waals surface area contributed by atoms with Crippen molar-refractivity contribution in [3.05, 3.63) is 30.0 Å². The summed E-state index contributed by atoms with van der Waals surface area (Å²) >= 11 is 0. The molecule has 1 aliphatic heterocycles. The van der Waals surface area contributed by atoms with E-state index in [9.17, 15) is 4.79 Å². The van der Waals surface area contributed by atoms with Gasteiger partial charge in [-0.3, -0.25) is 9.89 Å². The standard InChI is InChI=1S/C12H12N4O/c1-8(17)16-5-4-10-6-9(2-3-12(10)16)11-7-13-15-14-11/h2-3,6-7H,4-5H2,1H3,(H,13,14,15). The highest BCUT2D eigenvalue weighted by atomic mass is 16.2. The highest BCUT2D eigenvalue weighted by Crippen LogP contribution is 2.31. The van der Waals surface area contributed by atoms with Gasteiger partial charge in [0.1, 0.15) is 5.69 Å². The van der Waals surface area contributed by atoms with Gasteiger partial charge in [0.05, 0.1) is 0 Å². The Hall–Kier alpha value is -2.17. The van der Waals surface area contributed by atoms with Gasteiger partial charge in [-0.1, -0.05) is 11.3 Å². The monoisotopic (exact) mass is 228 g/mol. The molecule has 2 aromatic rings. The molecule has 5 heteroatoms. The first-order valence-corrected chi connectivity index (χ1v) is 5.53. The Labute approximate surface area is 98.4 Å². The SMILES string of the molecule is CC(=O)N1CCc2cc(-c3c[nH]nn3)ccc21. The maximum absolute atomic E-state index is 11.4. The number of amides is 1. The second kappa shape index (κ2) is 3.69. The highest BCUT2D eigenvalue weighted by Gasteiger charge is 2.22. The number of aromatic amines is 1. The second-order valence-corrected chi connectivity index (χ2v) is 4.12. The van der Waals surface area contributed by atoms with E-state index in [0.717, 1.165) is 29.9 Å². The van der Waals surface area contributed by atoms with Gasteiger partial charge in [0.15, 0.2) is 0 Å². The Morgan fingerprint density at radius 3 is 3.06 bits per heavy atom. The fourth-order valence-electron chi connectivity index (χ4n) is 2.23. The van der Waals surface area contributed by atoms with E-state index in [1.165, 1.54) is 5.56 Å². The number of fused-ring (bicyclic) bond motifs is 1. The van der Waals surface area contributed by atoms with E-state index in [0.29, 0.717) is 0 Å². The summed E-state index contributed by atoms with van der Waals surface area (Å²) in [5, 5.41) is 10.4. The first-order valence-electron chi connectivity index (χ1n) is 5.53. The van der Waals surface area contributed by atoms with Crippen LogP contribution >= 0.6 is 0 Å². The third-order valence-electron chi connectivity index (χ3n) is 3.07. The molecule has 0 atom stereocenters. The van der Waals surface area contributed by atoms with Crippen LogP contribution in [-0.2, 0) is 11.2 Å². The molecular weight excluding hydrogens is 216 g/mol. The summed E-state index contributed by atoms with van der Waals surface area (Å²) in [6, 6.07) is 6.03. The predicted molar refractivity (Wildman–Crippen MR) is 63.5 cm³/mol. The number of rotatable bonds is 1. The molecule has 2 heterocycles. The summed E-state index contributed by atoms with van der Waals surface area (Å²) in [6.45, 7) is 2.37. The van der Waals surface area contributed by atoms with Crippen molar-refractivity contribution >= 4 is 11.6 Å². The van der Waals surface area contributed by atoms with E-state index in [2.05, 4.69) is 21.5 Å². The van der Waals surface area contributed by atoms with Crippen molar-refractivity contribution in [2.75, 3.05) is 11.4 Å². The van der Waals surface area contributed by atoms with Crippen LogP contribution in [0.1, 0.15) is 12.5 Å². The van der Waals surface area contributed by atoms with Gasteiger partial charge >= 0.3 is 0 Å². The van der Waals surface area contributed by atoms with Gasteiger partial charge in [0.25, 0.3) is 0 Å². The van der Waals surface area contributed by atoms with Crippen LogP contribution in [0.3, 0.4) is 0 Å². The lowest BCUT2D eigenvalue weighted by Gasteiger charge is -2.14. The molecule has 0 radical (unpaired) electrons. The van der Waals surface area contributed by atoms with E-state index < -0.39 is 0 Å². The first-order chi connectivity index (χ1) is 8.25. The maximum atomic E-state index is 11.4. The summed E-state index contributed by atoms with van der Waals surface area (Å²) in [5.41, 5.74) is 4.07. The number of H-pyrrole nitrogens is 1. The Balaban J connectivity index is 2.02. The Morgan fingerprint density at radius 1 is 1.47 bits per heavy atom. The lowest BCUT2D eigenvalue weighted by molar-refractivity contribution is -0.116. The zero-order valence-electron chi connectivity index (χ0n) is 9.47. The summed E-state index contributed by atoms with van der Waals surface area (Å²) in [4.78, 5) is 13.2. The molecule has 0 unspecified atom stereocenters. The average molecular weight is 228 g/mol. The van der Waals surface area contributed by atoms with Gasteiger partial charge in [-0.05, 0) is 24.1 Å². The number of hydrogen-bond donors (Lipinski definition) is 1. The van der Waals surface area contributed by atoms with E-state index in [4.69, 9.17) is 0 Å². The largest absolute Gasteiger partial charge is 0.312 e. The predicted octanol–water partition coefficient (Wildman–Crippen LogP) is 1.38. The van der Waals surface area contributed by atoms with Crippen molar-refractivity contribution in [3.63, 3.8) is 0 Å². The van der Waals surface area contributed by atoms with Crippen LogP contribution in [0, 0.1) is 0 Å².